The number of hydrogen-bond acceptors (Lipinski definition) is 6. The molecule has 0 aliphatic carbocycles. The van der Waals surface area contributed by atoms with Gasteiger partial charge in [0.2, 0.25) is 0 Å². The lowest BCUT2D eigenvalue weighted by Crippen LogP contribution is -2.30. The Bertz CT molecular complexity index is 1000. The second-order valence-corrected chi connectivity index (χ2v) is 18.5. The van der Waals surface area contributed by atoms with Crippen molar-refractivity contribution < 1.29 is 28.6 Å². The van der Waals surface area contributed by atoms with Crippen LogP contribution in [0.25, 0.3) is 0 Å². The van der Waals surface area contributed by atoms with Crippen LogP contribution in [-0.4, -0.2) is 37.2 Å². The summed E-state index contributed by atoms with van der Waals surface area (Å²) in [4.78, 5) is 37.7. The van der Waals surface area contributed by atoms with Crippen LogP contribution in [0.2, 0.25) is 0 Å². The Morgan fingerprint density at radius 1 is 0.323 bits per heavy atom. The summed E-state index contributed by atoms with van der Waals surface area (Å²) in [6, 6.07) is 0. The van der Waals surface area contributed by atoms with Gasteiger partial charge in [-0.1, -0.05) is 251 Å². The van der Waals surface area contributed by atoms with Gasteiger partial charge in [-0.2, -0.15) is 0 Å². The number of allylic oxidation sites excluding steroid dienone is 4. The molecule has 0 fully saturated rings. The second kappa shape index (κ2) is 51.5. The minimum Gasteiger partial charge on any atom is -0.462 e. The average molecular weight is 873 g/mol. The van der Waals surface area contributed by atoms with Gasteiger partial charge >= 0.3 is 17.9 Å². The minimum absolute atomic E-state index is 0.0665. The molecule has 0 aromatic carbocycles. The molecule has 0 aromatic heterocycles. The van der Waals surface area contributed by atoms with Crippen molar-refractivity contribution in [3.8, 4) is 0 Å². The molecule has 0 spiro atoms. The normalized spacial score (nSPS) is 12.1. The van der Waals surface area contributed by atoms with Gasteiger partial charge in [0.25, 0.3) is 0 Å². The molecule has 0 saturated carbocycles. The highest BCUT2D eigenvalue weighted by atomic mass is 16.6. The fraction of sp³-hybridized carbons (Fsp3) is 0.875. The molecule has 0 N–H and O–H groups in total. The van der Waals surface area contributed by atoms with Crippen molar-refractivity contribution >= 4 is 17.9 Å². The molecule has 0 radical (unpaired) electrons. The third-order valence-electron chi connectivity index (χ3n) is 12.2. The predicted molar refractivity (Wildman–Crippen MR) is 266 cm³/mol. The van der Waals surface area contributed by atoms with Gasteiger partial charge in [-0.25, -0.2) is 0 Å². The summed E-state index contributed by atoms with van der Waals surface area (Å²) in [6.07, 6.45) is 59.1. The maximum atomic E-state index is 12.7. The van der Waals surface area contributed by atoms with Crippen molar-refractivity contribution in [2.75, 3.05) is 13.2 Å². The van der Waals surface area contributed by atoms with E-state index in [9.17, 15) is 14.4 Å². The lowest BCUT2D eigenvalue weighted by atomic mass is 10.0. The highest BCUT2D eigenvalue weighted by molar-refractivity contribution is 5.71. The largest absolute Gasteiger partial charge is 0.462 e. The maximum Gasteiger partial charge on any atom is 0.306 e. The predicted octanol–water partition coefficient (Wildman–Crippen LogP) is 17.9. The topological polar surface area (TPSA) is 78.9 Å². The summed E-state index contributed by atoms with van der Waals surface area (Å²) in [5, 5.41) is 0. The lowest BCUT2D eigenvalue weighted by Gasteiger charge is -2.18. The fourth-order valence-corrected chi connectivity index (χ4v) is 8.06. The van der Waals surface area contributed by atoms with Crippen LogP contribution >= 0.6 is 0 Å². The minimum atomic E-state index is -0.762. The van der Waals surface area contributed by atoms with E-state index >= 15 is 0 Å². The molecule has 62 heavy (non-hydrogen) atoms. The number of unbranched alkanes of at least 4 members (excludes halogenated alkanes) is 35. The number of carbonyl (C=O) groups excluding carboxylic acids is 3. The number of carbonyl (C=O) groups is 3. The van der Waals surface area contributed by atoms with E-state index in [1.54, 1.807) is 0 Å². The fourth-order valence-electron chi connectivity index (χ4n) is 8.06. The molecule has 0 aliphatic heterocycles. The van der Waals surface area contributed by atoms with E-state index in [4.69, 9.17) is 14.2 Å². The van der Waals surface area contributed by atoms with Gasteiger partial charge < -0.3 is 14.2 Å². The molecule has 0 rings (SSSR count). The van der Waals surface area contributed by atoms with Gasteiger partial charge in [-0.15, -0.1) is 0 Å². The molecule has 0 saturated heterocycles. The molecule has 0 amide bonds. The highest BCUT2D eigenvalue weighted by Gasteiger charge is 2.19. The van der Waals surface area contributed by atoms with E-state index in [1.165, 1.54) is 193 Å². The molecular formula is C56H104O6. The van der Waals surface area contributed by atoms with Crippen LogP contribution in [0.1, 0.15) is 297 Å². The molecule has 0 bridgehead atoms. The Kier molecular flexibility index (Phi) is 49.8. The molecule has 0 heterocycles. The number of ether oxygens (including phenoxy) is 3. The van der Waals surface area contributed by atoms with E-state index in [-0.39, 0.29) is 31.1 Å². The summed E-state index contributed by atoms with van der Waals surface area (Å²) in [5.74, 6) is -0.861. The summed E-state index contributed by atoms with van der Waals surface area (Å²) < 4.78 is 16.7. The Balaban J connectivity index is 4.00. The summed E-state index contributed by atoms with van der Waals surface area (Å²) in [6.45, 7) is 6.60. The first-order chi connectivity index (χ1) is 30.5. The molecule has 0 aliphatic rings. The van der Waals surface area contributed by atoms with Crippen LogP contribution in [0.4, 0.5) is 0 Å². The molecule has 1 unspecified atom stereocenters. The van der Waals surface area contributed by atoms with Crippen molar-refractivity contribution in [2.24, 2.45) is 0 Å². The Morgan fingerprint density at radius 2 is 0.581 bits per heavy atom. The van der Waals surface area contributed by atoms with Gasteiger partial charge in [0.15, 0.2) is 6.10 Å². The van der Waals surface area contributed by atoms with Crippen molar-refractivity contribution in [3.63, 3.8) is 0 Å². The first-order valence-corrected chi connectivity index (χ1v) is 27.3. The number of esters is 3. The Morgan fingerprint density at radius 3 is 0.887 bits per heavy atom. The van der Waals surface area contributed by atoms with Crippen LogP contribution < -0.4 is 0 Å². The van der Waals surface area contributed by atoms with E-state index in [0.717, 1.165) is 64.2 Å². The number of rotatable bonds is 50. The zero-order valence-electron chi connectivity index (χ0n) is 41.7. The van der Waals surface area contributed by atoms with Gasteiger partial charge in [-0.3, -0.25) is 14.4 Å². The third-order valence-corrected chi connectivity index (χ3v) is 12.2. The third kappa shape index (κ3) is 48.9. The SMILES string of the molecule is CCCCCCC/C=C\C/C=C\CCCCCCCCCCCCCCCCCC(=O)OCC(COC(=O)CCCCCCCCCC)OC(=O)CCCCCCCCCCC. The number of hydrogen-bond donors (Lipinski definition) is 0. The Hall–Kier alpha value is -2.11. The van der Waals surface area contributed by atoms with Gasteiger partial charge in [-0.05, 0) is 51.4 Å². The average Bonchev–Trinajstić information content (AvgIpc) is 3.27. The zero-order chi connectivity index (χ0) is 45.1. The van der Waals surface area contributed by atoms with Crippen molar-refractivity contribution in [1.29, 1.82) is 0 Å². The van der Waals surface area contributed by atoms with Crippen LogP contribution in [0.3, 0.4) is 0 Å². The van der Waals surface area contributed by atoms with E-state index in [2.05, 4.69) is 45.1 Å². The standard InChI is InChI=1S/C56H104O6/c1-4-7-10-13-16-19-20-21-22-23-24-25-26-27-28-29-30-31-32-33-34-35-36-38-40-43-46-49-55(58)61-52-53(51-60-54(57)48-45-42-39-18-15-12-9-6-3)62-56(59)50-47-44-41-37-17-14-11-8-5-2/h20-21,23-24,53H,4-19,22,25-52H2,1-3H3/b21-20-,24-23-. The van der Waals surface area contributed by atoms with Crippen LogP contribution in [0.15, 0.2) is 24.3 Å². The van der Waals surface area contributed by atoms with Crippen molar-refractivity contribution in [2.45, 2.75) is 303 Å². The van der Waals surface area contributed by atoms with Crippen LogP contribution in [0, 0.1) is 0 Å². The first kappa shape index (κ1) is 59.9. The van der Waals surface area contributed by atoms with E-state index < -0.39 is 6.10 Å². The smallest absolute Gasteiger partial charge is 0.306 e. The van der Waals surface area contributed by atoms with Crippen molar-refractivity contribution in [3.05, 3.63) is 24.3 Å². The molecule has 6 heteroatoms. The van der Waals surface area contributed by atoms with Crippen LogP contribution in [0.5, 0.6) is 0 Å². The monoisotopic (exact) mass is 873 g/mol. The maximum absolute atomic E-state index is 12.7. The molecule has 364 valence electrons. The summed E-state index contributed by atoms with van der Waals surface area (Å²) in [5.41, 5.74) is 0. The van der Waals surface area contributed by atoms with Gasteiger partial charge in [0, 0.05) is 19.3 Å². The summed E-state index contributed by atoms with van der Waals surface area (Å²) in [7, 11) is 0. The zero-order valence-corrected chi connectivity index (χ0v) is 41.7. The second-order valence-electron chi connectivity index (χ2n) is 18.5. The lowest BCUT2D eigenvalue weighted by molar-refractivity contribution is -0.167. The van der Waals surface area contributed by atoms with Crippen molar-refractivity contribution in [1.82, 2.24) is 0 Å². The van der Waals surface area contributed by atoms with Crippen LogP contribution in [-0.2, 0) is 28.6 Å². The highest BCUT2D eigenvalue weighted by Crippen LogP contribution is 2.16. The molecule has 1 atom stereocenters. The Labute approximate surface area is 385 Å². The van der Waals surface area contributed by atoms with Gasteiger partial charge in [0.05, 0.1) is 0 Å². The molecule has 6 nitrogen and oxygen atoms in total. The molecular weight excluding hydrogens is 769 g/mol. The van der Waals surface area contributed by atoms with E-state index in [1.807, 2.05) is 0 Å². The quantitative estimate of drug-likeness (QED) is 0.0262. The summed E-state index contributed by atoms with van der Waals surface area (Å²) >= 11 is 0. The molecule has 0 aromatic rings. The first-order valence-electron chi connectivity index (χ1n) is 27.3. The van der Waals surface area contributed by atoms with E-state index in [0.29, 0.717) is 19.3 Å². The van der Waals surface area contributed by atoms with Gasteiger partial charge in [0.1, 0.15) is 13.2 Å².